The number of halogens is 1. The molecule has 7 heteroatoms. The Labute approximate surface area is 129 Å². The molecule has 0 radical (unpaired) electrons. The number of carbonyl (C=O) groups is 1. The highest BCUT2D eigenvalue weighted by Crippen LogP contribution is 2.22. The molecule has 1 saturated heterocycles. The number of pyridine rings is 1. The SMILES string of the molecule is CNc1cc(C(=O)N(C)CC2(O)CCOCC2)cc(Cl)n1. The van der Waals surface area contributed by atoms with Gasteiger partial charge in [-0.2, -0.15) is 0 Å². The molecule has 1 aromatic rings. The maximum atomic E-state index is 12.5. The molecule has 0 atom stereocenters. The largest absolute Gasteiger partial charge is 0.388 e. The van der Waals surface area contributed by atoms with Crippen LogP contribution >= 0.6 is 11.6 Å². The van der Waals surface area contributed by atoms with Gasteiger partial charge in [0.2, 0.25) is 0 Å². The van der Waals surface area contributed by atoms with Crippen LogP contribution in [0.2, 0.25) is 5.15 Å². The second kappa shape index (κ2) is 6.60. The van der Waals surface area contributed by atoms with Crippen molar-refractivity contribution in [1.82, 2.24) is 9.88 Å². The van der Waals surface area contributed by atoms with Gasteiger partial charge in [-0.05, 0) is 12.1 Å². The highest BCUT2D eigenvalue weighted by molar-refractivity contribution is 6.29. The fraction of sp³-hybridized carbons (Fsp3) is 0.571. The van der Waals surface area contributed by atoms with E-state index in [2.05, 4.69) is 10.3 Å². The quantitative estimate of drug-likeness (QED) is 0.822. The number of rotatable bonds is 4. The van der Waals surface area contributed by atoms with Crippen molar-refractivity contribution in [1.29, 1.82) is 0 Å². The Kier molecular flexibility index (Phi) is 5.03. The molecular weight excluding hydrogens is 294 g/mol. The molecule has 116 valence electrons. The summed E-state index contributed by atoms with van der Waals surface area (Å²) >= 11 is 5.91. The van der Waals surface area contributed by atoms with Gasteiger partial charge in [0, 0.05) is 52.3 Å². The first-order chi connectivity index (χ1) is 9.93. The van der Waals surface area contributed by atoms with Gasteiger partial charge >= 0.3 is 0 Å². The van der Waals surface area contributed by atoms with Gasteiger partial charge in [0.15, 0.2) is 0 Å². The van der Waals surface area contributed by atoms with E-state index < -0.39 is 5.60 Å². The standard InChI is InChI=1S/C14H20ClN3O3/c1-16-12-8-10(7-11(15)17-12)13(19)18(2)9-14(20)3-5-21-6-4-14/h7-8,20H,3-6,9H2,1-2H3,(H,16,17). The highest BCUT2D eigenvalue weighted by Gasteiger charge is 2.32. The predicted molar refractivity (Wildman–Crippen MR) is 80.8 cm³/mol. The van der Waals surface area contributed by atoms with Gasteiger partial charge in [-0.25, -0.2) is 4.98 Å². The Morgan fingerprint density at radius 2 is 2.19 bits per heavy atom. The van der Waals surface area contributed by atoms with E-state index in [1.54, 1.807) is 20.2 Å². The maximum absolute atomic E-state index is 12.5. The van der Waals surface area contributed by atoms with E-state index in [-0.39, 0.29) is 17.6 Å². The third kappa shape index (κ3) is 4.06. The predicted octanol–water partition coefficient (Wildman–Crippen LogP) is 1.39. The molecule has 6 nitrogen and oxygen atoms in total. The zero-order valence-corrected chi connectivity index (χ0v) is 13.0. The molecule has 1 aliphatic heterocycles. The Morgan fingerprint density at radius 3 is 2.81 bits per heavy atom. The van der Waals surface area contributed by atoms with Crippen LogP contribution in [0, 0.1) is 0 Å². The maximum Gasteiger partial charge on any atom is 0.253 e. The summed E-state index contributed by atoms with van der Waals surface area (Å²) in [5, 5.41) is 13.6. The van der Waals surface area contributed by atoms with Crippen LogP contribution in [-0.4, -0.2) is 60.4 Å². The molecule has 1 amide bonds. The number of nitrogens with one attached hydrogen (secondary N) is 1. The van der Waals surface area contributed by atoms with Crippen LogP contribution in [-0.2, 0) is 4.74 Å². The van der Waals surface area contributed by atoms with Crippen molar-refractivity contribution in [3.05, 3.63) is 22.8 Å². The topological polar surface area (TPSA) is 74.7 Å². The summed E-state index contributed by atoms with van der Waals surface area (Å²) < 4.78 is 5.24. The van der Waals surface area contributed by atoms with Gasteiger partial charge in [-0.3, -0.25) is 4.79 Å². The molecule has 0 aromatic carbocycles. The minimum atomic E-state index is -0.884. The molecule has 1 aromatic heterocycles. The first-order valence-corrected chi connectivity index (χ1v) is 7.22. The molecule has 0 aliphatic carbocycles. The molecule has 2 rings (SSSR count). The monoisotopic (exact) mass is 313 g/mol. The molecule has 0 saturated carbocycles. The van der Waals surface area contributed by atoms with Gasteiger partial charge in [0.05, 0.1) is 5.60 Å². The van der Waals surface area contributed by atoms with E-state index >= 15 is 0 Å². The van der Waals surface area contributed by atoms with Gasteiger partial charge in [0.25, 0.3) is 5.91 Å². The van der Waals surface area contributed by atoms with E-state index in [1.165, 1.54) is 11.0 Å². The Morgan fingerprint density at radius 1 is 1.52 bits per heavy atom. The molecule has 21 heavy (non-hydrogen) atoms. The van der Waals surface area contributed by atoms with Gasteiger partial charge in [-0.15, -0.1) is 0 Å². The average Bonchev–Trinajstić information content (AvgIpc) is 2.46. The normalized spacial score (nSPS) is 17.3. The van der Waals surface area contributed by atoms with E-state index in [9.17, 15) is 9.90 Å². The number of ether oxygens (including phenoxy) is 1. The summed E-state index contributed by atoms with van der Waals surface area (Å²) in [7, 11) is 3.38. The van der Waals surface area contributed by atoms with Gasteiger partial charge in [-0.1, -0.05) is 11.6 Å². The summed E-state index contributed by atoms with van der Waals surface area (Å²) in [6.07, 6.45) is 1.06. The number of likely N-dealkylation sites (N-methyl/N-ethyl adjacent to an activating group) is 1. The van der Waals surface area contributed by atoms with Crippen molar-refractivity contribution >= 4 is 23.3 Å². The molecule has 0 unspecified atom stereocenters. The lowest BCUT2D eigenvalue weighted by Gasteiger charge is -2.35. The molecular formula is C14H20ClN3O3. The summed E-state index contributed by atoms with van der Waals surface area (Å²) in [6.45, 7) is 1.30. The van der Waals surface area contributed by atoms with E-state index in [0.29, 0.717) is 37.4 Å². The third-order valence-electron chi connectivity index (χ3n) is 3.60. The summed E-state index contributed by atoms with van der Waals surface area (Å²) in [5.41, 5.74) is -0.441. The number of anilines is 1. The minimum Gasteiger partial charge on any atom is -0.388 e. The smallest absolute Gasteiger partial charge is 0.253 e. The van der Waals surface area contributed by atoms with Gasteiger partial charge < -0.3 is 20.1 Å². The highest BCUT2D eigenvalue weighted by atomic mass is 35.5. The first-order valence-electron chi connectivity index (χ1n) is 6.84. The molecule has 1 fully saturated rings. The van der Waals surface area contributed by atoms with Crippen LogP contribution in [0.3, 0.4) is 0 Å². The minimum absolute atomic E-state index is 0.198. The van der Waals surface area contributed by atoms with E-state index in [0.717, 1.165) is 0 Å². The lowest BCUT2D eigenvalue weighted by molar-refractivity contribution is -0.0734. The van der Waals surface area contributed by atoms with Crippen LogP contribution in [0.4, 0.5) is 5.82 Å². The van der Waals surface area contributed by atoms with Crippen molar-refractivity contribution < 1.29 is 14.6 Å². The first kappa shape index (κ1) is 16.0. The summed E-state index contributed by atoms with van der Waals surface area (Å²) in [4.78, 5) is 18.0. The molecule has 0 spiro atoms. The second-order valence-electron chi connectivity index (χ2n) is 5.31. The number of carbonyl (C=O) groups excluding carboxylic acids is 1. The average molecular weight is 314 g/mol. The Balaban J connectivity index is 2.10. The summed E-state index contributed by atoms with van der Waals surface area (Å²) in [6, 6.07) is 3.16. The number of aliphatic hydroxyl groups is 1. The lowest BCUT2D eigenvalue weighted by Crippen LogP contribution is -2.47. The van der Waals surface area contributed by atoms with Crippen LogP contribution in [0.25, 0.3) is 0 Å². The van der Waals surface area contributed by atoms with Crippen LogP contribution in [0.15, 0.2) is 12.1 Å². The van der Waals surface area contributed by atoms with Crippen LogP contribution in [0.1, 0.15) is 23.2 Å². The van der Waals surface area contributed by atoms with Crippen molar-refractivity contribution in [2.75, 3.05) is 39.2 Å². The van der Waals surface area contributed by atoms with Crippen molar-refractivity contribution in [2.45, 2.75) is 18.4 Å². The van der Waals surface area contributed by atoms with Crippen molar-refractivity contribution in [2.24, 2.45) is 0 Å². The number of hydrogen-bond donors (Lipinski definition) is 2. The summed E-state index contributed by atoms with van der Waals surface area (Å²) in [5.74, 6) is 0.333. The molecule has 1 aliphatic rings. The number of hydrogen-bond acceptors (Lipinski definition) is 5. The van der Waals surface area contributed by atoms with Crippen molar-refractivity contribution in [3.8, 4) is 0 Å². The van der Waals surface area contributed by atoms with E-state index in [4.69, 9.17) is 16.3 Å². The lowest BCUT2D eigenvalue weighted by atomic mass is 9.94. The number of nitrogens with zero attached hydrogens (tertiary/aromatic N) is 2. The van der Waals surface area contributed by atoms with Crippen LogP contribution < -0.4 is 5.32 Å². The van der Waals surface area contributed by atoms with Crippen molar-refractivity contribution in [3.63, 3.8) is 0 Å². The fourth-order valence-corrected chi connectivity index (χ4v) is 2.60. The zero-order valence-electron chi connectivity index (χ0n) is 12.2. The second-order valence-corrected chi connectivity index (χ2v) is 5.70. The number of aromatic nitrogens is 1. The third-order valence-corrected chi connectivity index (χ3v) is 3.79. The fourth-order valence-electron chi connectivity index (χ4n) is 2.39. The van der Waals surface area contributed by atoms with Gasteiger partial charge in [0.1, 0.15) is 11.0 Å². The van der Waals surface area contributed by atoms with Crippen LogP contribution in [0.5, 0.6) is 0 Å². The molecule has 2 N–H and O–H groups in total. The Hall–Kier alpha value is -1.37. The molecule has 0 bridgehead atoms. The molecule has 2 heterocycles. The Bertz CT molecular complexity index is 518. The zero-order chi connectivity index (χ0) is 15.5. The van der Waals surface area contributed by atoms with E-state index in [1.807, 2.05) is 0 Å². The number of amides is 1.